The van der Waals surface area contributed by atoms with Crippen molar-refractivity contribution in [2.45, 2.75) is 11.4 Å². The number of carbonyl (C=O) groups is 1. The first kappa shape index (κ1) is 16.8. The molecule has 0 aliphatic heterocycles. The Hall–Kier alpha value is -3.07. The first-order valence-corrected chi connectivity index (χ1v) is 8.52. The van der Waals surface area contributed by atoms with Crippen LogP contribution in [0.1, 0.15) is 0 Å². The van der Waals surface area contributed by atoms with E-state index in [9.17, 15) is 21.9 Å². The molecule has 0 saturated carbocycles. The Labute approximate surface area is 142 Å². The number of halogens is 1. The molecule has 3 rings (SSSR count). The molecule has 0 atom stereocenters. The molecule has 2 aromatic carbocycles. The molecule has 9 heteroatoms. The van der Waals surface area contributed by atoms with Crippen molar-refractivity contribution in [3.63, 3.8) is 0 Å². The predicted octanol–water partition coefficient (Wildman–Crippen LogP) is 1.69. The normalized spacial score (nSPS) is 11.4. The number of hydrogen-bond acceptors (Lipinski definition) is 5. The van der Waals surface area contributed by atoms with Gasteiger partial charge in [0.05, 0.1) is 17.2 Å². The van der Waals surface area contributed by atoms with Gasteiger partial charge >= 0.3 is 10.2 Å². The lowest BCUT2D eigenvalue weighted by molar-refractivity contribution is -0.116. The molecule has 1 N–H and O–H groups in total. The van der Waals surface area contributed by atoms with Crippen LogP contribution in [-0.4, -0.2) is 23.9 Å². The van der Waals surface area contributed by atoms with Crippen molar-refractivity contribution >= 4 is 32.7 Å². The Morgan fingerprint density at radius 2 is 1.92 bits per heavy atom. The Morgan fingerprint density at radius 1 is 1.16 bits per heavy atom. The number of para-hydroxylation sites is 1. The third-order valence-corrected chi connectivity index (χ3v) is 4.26. The number of rotatable bonds is 4. The van der Waals surface area contributed by atoms with Gasteiger partial charge in [0.2, 0.25) is 5.91 Å². The van der Waals surface area contributed by atoms with Crippen LogP contribution in [0.15, 0.2) is 64.5 Å². The van der Waals surface area contributed by atoms with Gasteiger partial charge in [-0.3, -0.25) is 14.2 Å². The van der Waals surface area contributed by atoms with Gasteiger partial charge in [0.15, 0.2) is 0 Å². The number of aromatic nitrogens is 2. The maximum atomic E-state index is 13.0. The van der Waals surface area contributed by atoms with Gasteiger partial charge in [0.1, 0.15) is 11.4 Å². The van der Waals surface area contributed by atoms with Gasteiger partial charge in [-0.1, -0.05) is 18.2 Å². The minimum atomic E-state index is -4.87. The summed E-state index contributed by atoms with van der Waals surface area (Å²) in [6.45, 7) is -0.316. The van der Waals surface area contributed by atoms with Crippen LogP contribution in [0.5, 0.6) is 0 Å². The average Bonchev–Trinajstić information content (AvgIpc) is 2.57. The number of fused-ring (bicyclic) bond motifs is 1. The largest absolute Gasteiger partial charge is 0.332 e. The molecular weight excluding hydrogens is 349 g/mol. The second-order valence-electron chi connectivity index (χ2n) is 5.21. The molecule has 0 radical (unpaired) electrons. The maximum Gasteiger partial charge on any atom is 0.332 e. The SMILES string of the molecule is O=C(Cn1cnc2ccccc2c1=O)Nc1cccc(S(=O)(=O)F)c1. The number of nitrogens with one attached hydrogen (secondary N) is 1. The fourth-order valence-corrected chi connectivity index (χ4v) is 2.81. The molecular formula is C16H12FN3O4S. The molecule has 0 bridgehead atoms. The minimum absolute atomic E-state index is 0.102. The van der Waals surface area contributed by atoms with Crippen molar-refractivity contribution < 1.29 is 17.1 Å². The lowest BCUT2D eigenvalue weighted by Gasteiger charge is -2.08. The van der Waals surface area contributed by atoms with Crippen LogP contribution in [0.25, 0.3) is 10.9 Å². The lowest BCUT2D eigenvalue weighted by atomic mass is 10.2. The second-order valence-corrected chi connectivity index (χ2v) is 6.56. The smallest absolute Gasteiger partial charge is 0.324 e. The van der Waals surface area contributed by atoms with E-state index >= 15 is 0 Å². The third-order valence-electron chi connectivity index (χ3n) is 3.44. The quantitative estimate of drug-likeness (QED) is 0.713. The van der Waals surface area contributed by atoms with Crippen LogP contribution >= 0.6 is 0 Å². The van der Waals surface area contributed by atoms with Crippen molar-refractivity contribution in [3.05, 3.63) is 65.2 Å². The van der Waals surface area contributed by atoms with Crippen LogP contribution in [0.3, 0.4) is 0 Å². The molecule has 0 unspecified atom stereocenters. The molecule has 0 fully saturated rings. The van der Waals surface area contributed by atoms with E-state index in [4.69, 9.17) is 0 Å². The Bertz CT molecular complexity index is 1130. The Kier molecular flexibility index (Phi) is 4.32. The van der Waals surface area contributed by atoms with Crippen molar-refractivity contribution in [2.75, 3.05) is 5.32 Å². The topological polar surface area (TPSA) is 98.1 Å². The number of benzene rings is 2. The molecule has 25 heavy (non-hydrogen) atoms. The standard InChI is InChI=1S/C16H12FN3O4S/c17-25(23,24)12-5-3-4-11(8-12)19-15(21)9-20-10-18-14-7-2-1-6-13(14)16(20)22/h1-8,10H,9H2,(H,19,21). The highest BCUT2D eigenvalue weighted by atomic mass is 32.3. The number of amides is 1. The predicted molar refractivity (Wildman–Crippen MR) is 89.4 cm³/mol. The summed E-state index contributed by atoms with van der Waals surface area (Å²) in [7, 11) is -4.87. The molecule has 128 valence electrons. The van der Waals surface area contributed by atoms with Gasteiger partial charge in [0.25, 0.3) is 5.56 Å². The van der Waals surface area contributed by atoms with Gasteiger partial charge in [-0.05, 0) is 30.3 Å². The lowest BCUT2D eigenvalue weighted by Crippen LogP contribution is -2.27. The molecule has 0 spiro atoms. The van der Waals surface area contributed by atoms with Crippen molar-refractivity contribution in [2.24, 2.45) is 0 Å². The summed E-state index contributed by atoms with van der Waals surface area (Å²) in [4.78, 5) is 27.9. The monoisotopic (exact) mass is 361 g/mol. The zero-order valence-corrected chi connectivity index (χ0v) is 13.5. The Morgan fingerprint density at radius 3 is 2.68 bits per heavy atom. The third kappa shape index (κ3) is 3.72. The molecule has 1 heterocycles. The van der Waals surface area contributed by atoms with E-state index in [2.05, 4.69) is 10.3 Å². The summed E-state index contributed by atoms with van der Waals surface area (Å²) in [5.74, 6) is -0.576. The number of anilines is 1. The first-order chi connectivity index (χ1) is 11.8. The van der Waals surface area contributed by atoms with Gasteiger partial charge in [-0.2, -0.15) is 8.42 Å². The molecule has 3 aromatic rings. The van der Waals surface area contributed by atoms with E-state index in [0.29, 0.717) is 10.9 Å². The highest BCUT2D eigenvalue weighted by Crippen LogP contribution is 2.17. The zero-order chi connectivity index (χ0) is 18.0. The molecule has 0 saturated heterocycles. The van der Waals surface area contributed by atoms with Crippen LogP contribution in [-0.2, 0) is 21.6 Å². The maximum absolute atomic E-state index is 13.0. The number of hydrogen-bond donors (Lipinski definition) is 1. The molecule has 0 aliphatic carbocycles. The van der Waals surface area contributed by atoms with E-state index in [-0.39, 0.29) is 17.8 Å². The summed E-state index contributed by atoms with van der Waals surface area (Å²) in [5, 5.41) is 2.80. The van der Waals surface area contributed by atoms with Crippen LogP contribution in [0, 0.1) is 0 Å². The summed E-state index contributed by atoms with van der Waals surface area (Å²) in [5.41, 5.74) is 0.247. The second kappa shape index (κ2) is 6.44. The fraction of sp³-hybridized carbons (Fsp3) is 0.0625. The fourth-order valence-electron chi connectivity index (χ4n) is 2.30. The molecule has 0 aliphatic rings. The summed E-state index contributed by atoms with van der Waals surface area (Å²) < 4.78 is 35.9. The summed E-state index contributed by atoms with van der Waals surface area (Å²) in [6, 6.07) is 11.5. The van der Waals surface area contributed by atoms with E-state index in [1.54, 1.807) is 24.3 Å². The van der Waals surface area contributed by atoms with E-state index in [1.807, 2.05) is 0 Å². The number of carbonyl (C=O) groups excluding carboxylic acids is 1. The first-order valence-electron chi connectivity index (χ1n) is 7.13. The van der Waals surface area contributed by atoms with E-state index in [0.717, 1.165) is 16.7 Å². The average molecular weight is 361 g/mol. The molecule has 7 nitrogen and oxygen atoms in total. The molecule has 1 aromatic heterocycles. The van der Waals surface area contributed by atoms with E-state index < -0.39 is 21.0 Å². The highest BCUT2D eigenvalue weighted by Gasteiger charge is 2.13. The van der Waals surface area contributed by atoms with Gasteiger partial charge in [-0.25, -0.2) is 4.98 Å². The van der Waals surface area contributed by atoms with E-state index in [1.165, 1.54) is 18.5 Å². The van der Waals surface area contributed by atoms with Crippen molar-refractivity contribution in [3.8, 4) is 0 Å². The van der Waals surface area contributed by atoms with Crippen LogP contribution < -0.4 is 10.9 Å². The summed E-state index contributed by atoms with van der Waals surface area (Å²) >= 11 is 0. The van der Waals surface area contributed by atoms with Crippen molar-refractivity contribution in [1.82, 2.24) is 9.55 Å². The Balaban J connectivity index is 1.82. The highest BCUT2D eigenvalue weighted by molar-refractivity contribution is 7.86. The summed E-state index contributed by atoms with van der Waals surface area (Å²) in [6.07, 6.45) is 1.26. The minimum Gasteiger partial charge on any atom is -0.324 e. The van der Waals surface area contributed by atoms with Crippen LogP contribution in [0.4, 0.5) is 9.57 Å². The van der Waals surface area contributed by atoms with Gasteiger partial charge in [-0.15, -0.1) is 3.89 Å². The van der Waals surface area contributed by atoms with Gasteiger partial charge in [0, 0.05) is 5.69 Å². The van der Waals surface area contributed by atoms with Crippen molar-refractivity contribution in [1.29, 1.82) is 0 Å². The number of nitrogens with zero attached hydrogens (tertiary/aromatic N) is 2. The van der Waals surface area contributed by atoms with Gasteiger partial charge < -0.3 is 5.32 Å². The van der Waals surface area contributed by atoms with Crippen LogP contribution in [0.2, 0.25) is 0 Å². The molecule has 1 amide bonds. The zero-order valence-electron chi connectivity index (χ0n) is 12.7.